The van der Waals surface area contributed by atoms with E-state index in [1.54, 1.807) is 0 Å². The van der Waals surface area contributed by atoms with Gasteiger partial charge in [-0.15, -0.1) is 0 Å². The maximum absolute atomic E-state index is 6.41. The summed E-state index contributed by atoms with van der Waals surface area (Å²) in [7, 11) is 1.53. The Labute approximate surface area is 147 Å². The second-order valence-electron chi connectivity index (χ2n) is 8.34. The zero-order chi connectivity index (χ0) is 17.9. The molecule has 1 rings (SSSR count). The molecule has 2 nitrogen and oxygen atoms in total. The van der Waals surface area contributed by atoms with Crippen molar-refractivity contribution in [1.29, 1.82) is 0 Å². The predicted octanol–water partition coefficient (Wildman–Crippen LogP) is 6.40. The molecule has 0 heterocycles. The molecule has 3 unspecified atom stereocenters. The Hall–Kier alpha value is 0.137. The summed E-state index contributed by atoms with van der Waals surface area (Å²) in [4.78, 5) is 0. The summed E-state index contributed by atoms with van der Waals surface area (Å²) in [6, 6.07) is 1.14. The van der Waals surface area contributed by atoms with E-state index in [9.17, 15) is 0 Å². The fraction of sp³-hybridized carbons (Fsp3) is 1.00. The third-order valence-electron chi connectivity index (χ3n) is 7.75. The summed E-state index contributed by atoms with van der Waals surface area (Å²) in [6.07, 6.45) is 6.21. The Morgan fingerprint density at radius 2 is 1.57 bits per heavy atom. The molecule has 0 N–H and O–H groups in total. The molecular weight excluding hydrogens is 300 g/mol. The van der Waals surface area contributed by atoms with E-state index < -0.39 is 8.56 Å². The van der Waals surface area contributed by atoms with E-state index in [0.717, 1.165) is 12.0 Å². The first kappa shape index (κ1) is 21.2. The van der Waals surface area contributed by atoms with Gasteiger partial charge in [0.15, 0.2) is 0 Å². The maximum Gasteiger partial charge on any atom is 0.345 e. The fourth-order valence-electron chi connectivity index (χ4n) is 6.29. The minimum atomic E-state index is -2.32. The fourth-order valence-corrected chi connectivity index (χ4v) is 11.8. The molecule has 1 fully saturated rings. The van der Waals surface area contributed by atoms with Crippen molar-refractivity contribution in [2.24, 2.45) is 23.2 Å². The second kappa shape index (κ2) is 8.01. The Morgan fingerprint density at radius 1 is 1.04 bits per heavy atom. The van der Waals surface area contributed by atoms with Gasteiger partial charge >= 0.3 is 8.56 Å². The molecule has 0 aliphatic heterocycles. The molecular formula is C20H42O2Si. The van der Waals surface area contributed by atoms with Crippen LogP contribution in [0.2, 0.25) is 11.1 Å². The van der Waals surface area contributed by atoms with Gasteiger partial charge in [-0.05, 0) is 42.1 Å². The van der Waals surface area contributed by atoms with Crippen molar-refractivity contribution in [1.82, 2.24) is 0 Å². The van der Waals surface area contributed by atoms with Crippen molar-refractivity contribution in [3.8, 4) is 0 Å². The lowest BCUT2D eigenvalue weighted by Gasteiger charge is -2.55. The van der Waals surface area contributed by atoms with Crippen LogP contribution in [-0.2, 0) is 8.85 Å². The van der Waals surface area contributed by atoms with Crippen LogP contribution in [0.25, 0.3) is 0 Å². The van der Waals surface area contributed by atoms with Gasteiger partial charge in [0.1, 0.15) is 0 Å². The van der Waals surface area contributed by atoms with Gasteiger partial charge in [-0.25, -0.2) is 0 Å². The Bertz CT molecular complexity index is 361. The van der Waals surface area contributed by atoms with Crippen LogP contribution in [0.3, 0.4) is 0 Å². The van der Waals surface area contributed by atoms with Crippen LogP contribution in [0, 0.1) is 23.2 Å². The molecule has 3 atom stereocenters. The lowest BCUT2D eigenvalue weighted by Crippen LogP contribution is -2.59. The molecule has 0 bridgehead atoms. The van der Waals surface area contributed by atoms with Crippen molar-refractivity contribution < 1.29 is 8.85 Å². The van der Waals surface area contributed by atoms with Crippen LogP contribution in [0.4, 0.5) is 0 Å². The first-order chi connectivity index (χ1) is 10.8. The topological polar surface area (TPSA) is 18.5 Å². The van der Waals surface area contributed by atoms with Gasteiger partial charge in [-0.1, -0.05) is 67.7 Å². The average molecular weight is 343 g/mol. The summed E-state index contributed by atoms with van der Waals surface area (Å²) in [5, 5.41) is 0.201. The Kier molecular flexibility index (Phi) is 7.38. The highest BCUT2D eigenvalue weighted by atomic mass is 28.4. The Morgan fingerprint density at radius 3 is 1.87 bits per heavy atom. The molecule has 3 heteroatoms. The van der Waals surface area contributed by atoms with Crippen molar-refractivity contribution in [2.75, 3.05) is 14.2 Å². The molecule has 0 aromatic carbocycles. The van der Waals surface area contributed by atoms with Crippen LogP contribution < -0.4 is 0 Å². The second-order valence-corrected chi connectivity index (χ2v) is 12.0. The van der Waals surface area contributed by atoms with Gasteiger partial charge in [-0.3, -0.25) is 0 Å². The average Bonchev–Trinajstić information content (AvgIpc) is 2.76. The molecule has 1 aliphatic rings. The van der Waals surface area contributed by atoms with Gasteiger partial charge in [0.2, 0.25) is 0 Å². The van der Waals surface area contributed by atoms with E-state index in [4.69, 9.17) is 8.85 Å². The molecule has 23 heavy (non-hydrogen) atoms. The molecule has 1 saturated carbocycles. The van der Waals surface area contributed by atoms with E-state index in [-0.39, 0.29) is 10.5 Å². The zero-order valence-corrected chi connectivity index (χ0v) is 18.3. The molecule has 0 spiro atoms. The summed E-state index contributed by atoms with van der Waals surface area (Å²) in [6.45, 7) is 16.8. The molecule has 0 aromatic heterocycles. The van der Waals surface area contributed by atoms with Crippen LogP contribution in [0.5, 0.6) is 0 Å². The SMILES string of the molecule is CCC(CC)C[Si](OC)(OC)C1(CC)C(C)CC(CC)C1(C)C. The van der Waals surface area contributed by atoms with Crippen LogP contribution in [0.15, 0.2) is 0 Å². The highest BCUT2D eigenvalue weighted by molar-refractivity contribution is 6.71. The summed E-state index contributed by atoms with van der Waals surface area (Å²) >= 11 is 0. The maximum atomic E-state index is 6.41. The third-order valence-corrected chi connectivity index (χ3v) is 13.0. The summed E-state index contributed by atoms with van der Waals surface area (Å²) < 4.78 is 12.8. The van der Waals surface area contributed by atoms with Gasteiger partial charge in [-0.2, -0.15) is 0 Å². The molecule has 0 radical (unpaired) electrons. The molecule has 0 amide bonds. The van der Waals surface area contributed by atoms with Crippen molar-refractivity contribution in [3.63, 3.8) is 0 Å². The predicted molar refractivity (Wildman–Crippen MR) is 103 cm³/mol. The van der Waals surface area contributed by atoms with Crippen molar-refractivity contribution >= 4 is 8.56 Å². The minimum absolute atomic E-state index is 0.201. The molecule has 0 saturated heterocycles. The van der Waals surface area contributed by atoms with Gasteiger partial charge in [0.25, 0.3) is 0 Å². The normalized spacial score (nSPS) is 31.0. The van der Waals surface area contributed by atoms with E-state index in [0.29, 0.717) is 11.8 Å². The third kappa shape index (κ3) is 3.06. The van der Waals surface area contributed by atoms with Crippen LogP contribution >= 0.6 is 0 Å². The minimum Gasteiger partial charge on any atom is -0.397 e. The van der Waals surface area contributed by atoms with Gasteiger partial charge in [0, 0.05) is 19.3 Å². The monoisotopic (exact) mass is 342 g/mol. The number of hydrogen-bond acceptors (Lipinski definition) is 2. The van der Waals surface area contributed by atoms with Gasteiger partial charge in [0.05, 0.1) is 0 Å². The standard InChI is InChI=1S/C20H42O2Si/c1-10-17(11-2)15-23(21-8,22-9)20(13-4)16(5)14-18(12-3)19(20,6)7/h16-18H,10-15H2,1-9H3. The molecule has 1 aliphatic carbocycles. The van der Waals surface area contributed by atoms with Gasteiger partial charge < -0.3 is 8.85 Å². The lowest BCUT2D eigenvalue weighted by atomic mass is 9.71. The number of hydrogen-bond donors (Lipinski definition) is 0. The van der Waals surface area contributed by atoms with Crippen LogP contribution in [0.1, 0.15) is 80.6 Å². The number of rotatable bonds is 9. The first-order valence-electron chi connectivity index (χ1n) is 9.86. The van der Waals surface area contributed by atoms with E-state index in [1.807, 2.05) is 14.2 Å². The molecule has 138 valence electrons. The zero-order valence-electron chi connectivity index (χ0n) is 17.3. The summed E-state index contributed by atoms with van der Waals surface area (Å²) in [5.74, 6) is 2.17. The van der Waals surface area contributed by atoms with Crippen molar-refractivity contribution in [2.45, 2.75) is 91.7 Å². The quantitative estimate of drug-likeness (QED) is 0.451. The summed E-state index contributed by atoms with van der Waals surface area (Å²) in [5.41, 5.74) is 0.278. The van der Waals surface area contributed by atoms with E-state index in [2.05, 4.69) is 48.5 Å². The van der Waals surface area contributed by atoms with Crippen molar-refractivity contribution in [3.05, 3.63) is 0 Å². The smallest absolute Gasteiger partial charge is 0.345 e. The first-order valence-corrected chi connectivity index (χ1v) is 11.9. The lowest BCUT2D eigenvalue weighted by molar-refractivity contribution is 0.0961. The van der Waals surface area contributed by atoms with E-state index >= 15 is 0 Å². The Balaban J connectivity index is 3.45. The van der Waals surface area contributed by atoms with Crippen LogP contribution in [-0.4, -0.2) is 22.8 Å². The highest BCUT2D eigenvalue weighted by Crippen LogP contribution is 2.72. The largest absolute Gasteiger partial charge is 0.397 e. The highest BCUT2D eigenvalue weighted by Gasteiger charge is 2.69. The molecule has 0 aromatic rings. The van der Waals surface area contributed by atoms with E-state index in [1.165, 1.54) is 32.1 Å².